The lowest BCUT2D eigenvalue weighted by Crippen LogP contribution is -2.29. The molecule has 0 spiro atoms. The standard InChI is InChI=1S/C14H25NS/c1-6-12-7-8-13(16-12)10-14(3,4)9-11(2)15-5/h7-8,11,15H,6,9-10H2,1-5H3. The Labute approximate surface area is 104 Å². The molecular weight excluding hydrogens is 214 g/mol. The van der Waals surface area contributed by atoms with Crippen LogP contribution in [0, 0.1) is 5.41 Å². The van der Waals surface area contributed by atoms with Crippen LogP contribution in [-0.4, -0.2) is 13.1 Å². The fraction of sp³-hybridized carbons (Fsp3) is 0.714. The molecule has 1 unspecified atom stereocenters. The molecule has 0 aliphatic carbocycles. The van der Waals surface area contributed by atoms with Crippen LogP contribution in [0.25, 0.3) is 0 Å². The van der Waals surface area contributed by atoms with Gasteiger partial charge in [-0.05, 0) is 50.8 Å². The van der Waals surface area contributed by atoms with Crippen LogP contribution in [0.15, 0.2) is 12.1 Å². The quantitative estimate of drug-likeness (QED) is 0.794. The van der Waals surface area contributed by atoms with Crippen molar-refractivity contribution in [1.29, 1.82) is 0 Å². The van der Waals surface area contributed by atoms with E-state index >= 15 is 0 Å². The van der Waals surface area contributed by atoms with E-state index in [0.29, 0.717) is 11.5 Å². The van der Waals surface area contributed by atoms with Crippen LogP contribution in [-0.2, 0) is 12.8 Å². The summed E-state index contributed by atoms with van der Waals surface area (Å²) in [7, 11) is 2.04. The Morgan fingerprint density at radius 3 is 2.44 bits per heavy atom. The summed E-state index contributed by atoms with van der Waals surface area (Å²) in [5, 5.41) is 3.33. The maximum atomic E-state index is 3.33. The summed E-state index contributed by atoms with van der Waals surface area (Å²) in [4.78, 5) is 3.04. The summed E-state index contributed by atoms with van der Waals surface area (Å²) in [6.07, 6.45) is 3.59. The highest BCUT2D eigenvalue weighted by atomic mass is 32.1. The average Bonchev–Trinajstić information content (AvgIpc) is 2.63. The molecule has 2 heteroatoms. The molecule has 1 heterocycles. The van der Waals surface area contributed by atoms with Crippen molar-refractivity contribution < 1.29 is 0 Å². The average molecular weight is 239 g/mol. The van der Waals surface area contributed by atoms with Gasteiger partial charge < -0.3 is 5.32 Å². The third-order valence-electron chi connectivity index (χ3n) is 3.07. The van der Waals surface area contributed by atoms with Gasteiger partial charge in [0.1, 0.15) is 0 Å². The molecule has 1 N–H and O–H groups in total. The van der Waals surface area contributed by atoms with Crippen molar-refractivity contribution in [3.8, 4) is 0 Å². The van der Waals surface area contributed by atoms with Gasteiger partial charge >= 0.3 is 0 Å². The number of thiophene rings is 1. The largest absolute Gasteiger partial charge is 0.317 e. The van der Waals surface area contributed by atoms with Crippen molar-refractivity contribution in [2.45, 2.75) is 53.0 Å². The van der Waals surface area contributed by atoms with Crippen molar-refractivity contribution in [3.63, 3.8) is 0 Å². The molecule has 0 fully saturated rings. The van der Waals surface area contributed by atoms with Gasteiger partial charge in [-0.1, -0.05) is 20.8 Å². The molecule has 0 aliphatic rings. The molecule has 0 aromatic carbocycles. The van der Waals surface area contributed by atoms with Gasteiger partial charge in [0.15, 0.2) is 0 Å². The molecule has 0 aliphatic heterocycles. The van der Waals surface area contributed by atoms with Gasteiger partial charge in [-0.25, -0.2) is 0 Å². The maximum absolute atomic E-state index is 3.33. The van der Waals surface area contributed by atoms with Gasteiger partial charge in [0.25, 0.3) is 0 Å². The van der Waals surface area contributed by atoms with E-state index in [1.807, 2.05) is 18.4 Å². The minimum atomic E-state index is 0.387. The lowest BCUT2D eigenvalue weighted by molar-refractivity contribution is 0.295. The van der Waals surface area contributed by atoms with Crippen LogP contribution in [0.3, 0.4) is 0 Å². The highest BCUT2D eigenvalue weighted by molar-refractivity contribution is 7.11. The van der Waals surface area contributed by atoms with E-state index in [1.165, 1.54) is 22.6 Å². The van der Waals surface area contributed by atoms with Crippen molar-refractivity contribution >= 4 is 11.3 Å². The Kier molecular flexibility index (Phi) is 5.00. The molecule has 1 atom stereocenters. The van der Waals surface area contributed by atoms with E-state index in [9.17, 15) is 0 Å². The normalized spacial score (nSPS) is 14.1. The molecule has 1 aromatic heterocycles. The Balaban J connectivity index is 2.57. The molecule has 92 valence electrons. The molecule has 1 nitrogen and oxygen atoms in total. The van der Waals surface area contributed by atoms with Gasteiger partial charge in [0.05, 0.1) is 0 Å². The monoisotopic (exact) mass is 239 g/mol. The van der Waals surface area contributed by atoms with E-state index in [-0.39, 0.29) is 0 Å². The highest BCUT2D eigenvalue weighted by Crippen LogP contribution is 2.30. The number of hydrogen-bond acceptors (Lipinski definition) is 2. The van der Waals surface area contributed by atoms with Crippen LogP contribution < -0.4 is 5.32 Å². The number of rotatable bonds is 6. The fourth-order valence-corrected chi connectivity index (χ4v) is 3.40. The second kappa shape index (κ2) is 5.83. The van der Waals surface area contributed by atoms with Crippen molar-refractivity contribution in [2.24, 2.45) is 5.41 Å². The molecular formula is C14H25NS. The minimum Gasteiger partial charge on any atom is -0.317 e. The van der Waals surface area contributed by atoms with Crippen LogP contribution in [0.1, 0.15) is 43.9 Å². The smallest absolute Gasteiger partial charge is 0.00534 e. The van der Waals surface area contributed by atoms with E-state index in [4.69, 9.17) is 0 Å². The molecule has 0 saturated carbocycles. The van der Waals surface area contributed by atoms with E-state index in [2.05, 4.69) is 45.1 Å². The minimum absolute atomic E-state index is 0.387. The first-order valence-corrected chi connectivity index (χ1v) is 7.03. The molecule has 16 heavy (non-hydrogen) atoms. The number of hydrogen-bond donors (Lipinski definition) is 1. The predicted molar refractivity (Wildman–Crippen MR) is 74.3 cm³/mol. The second-order valence-corrected chi connectivity index (χ2v) is 6.71. The highest BCUT2D eigenvalue weighted by Gasteiger charge is 2.21. The van der Waals surface area contributed by atoms with Crippen molar-refractivity contribution in [1.82, 2.24) is 5.32 Å². The molecule has 1 aromatic rings. The first-order chi connectivity index (χ1) is 7.46. The third kappa shape index (κ3) is 4.26. The molecule has 0 saturated heterocycles. The summed E-state index contributed by atoms with van der Waals surface area (Å²) >= 11 is 1.97. The van der Waals surface area contributed by atoms with Gasteiger partial charge in [-0.3, -0.25) is 0 Å². The summed E-state index contributed by atoms with van der Waals surface area (Å²) in [6, 6.07) is 5.17. The molecule has 1 rings (SSSR count). The zero-order chi connectivity index (χ0) is 12.2. The van der Waals surface area contributed by atoms with Crippen LogP contribution in [0.2, 0.25) is 0 Å². The number of nitrogens with one attached hydrogen (secondary N) is 1. The Bertz CT molecular complexity index is 314. The van der Waals surface area contributed by atoms with Crippen LogP contribution in [0.4, 0.5) is 0 Å². The third-order valence-corrected chi connectivity index (χ3v) is 4.30. The first-order valence-electron chi connectivity index (χ1n) is 6.21. The lowest BCUT2D eigenvalue weighted by atomic mass is 9.82. The van der Waals surface area contributed by atoms with E-state index < -0.39 is 0 Å². The van der Waals surface area contributed by atoms with Gasteiger partial charge in [-0.15, -0.1) is 11.3 Å². The molecule has 0 bridgehead atoms. The second-order valence-electron chi connectivity index (χ2n) is 5.46. The summed E-state index contributed by atoms with van der Waals surface area (Å²) in [5.41, 5.74) is 0.387. The SMILES string of the molecule is CCc1ccc(CC(C)(C)CC(C)NC)s1. The van der Waals surface area contributed by atoms with Gasteiger partial charge in [0, 0.05) is 15.8 Å². The van der Waals surface area contributed by atoms with Crippen LogP contribution >= 0.6 is 11.3 Å². The lowest BCUT2D eigenvalue weighted by Gasteiger charge is -2.27. The van der Waals surface area contributed by atoms with Gasteiger partial charge in [0.2, 0.25) is 0 Å². The first kappa shape index (κ1) is 13.7. The van der Waals surface area contributed by atoms with Crippen LogP contribution in [0.5, 0.6) is 0 Å². The summed E-state index contributed by atoms with van der Waals surface area (Å²) in [6.45, 7) is 9.22. The van der Waals surface area contributed by atoms with E-state index in [0.717, 1.165) is 6.42 Å². The topological polar surface area (TPSA) is 12.0 Å². The Morgan fingerprint density at radius 2 is 1.94 bits per heavy atom. The fourth-order valence-electron chi connectivity index (χ4n) is 2.18. The number of aryl methyl sites for hydroxylation is 1. The predicted octanol–water partition coefficient (Wildman–Crippen LogP) is 3.88. The Morgan fingerprint density at radius 1 is 1.31 bits per heavy atom. The van der Waals surface area contributed by atoms with Crippen molar-refractivity contribution in [2.75, 3.05) is 7.05 Å². The molecule has 0 amide bonds. The zero-order valence-corrected chi connectivity index (χ0v) is 12.1. The van der Waals surface area contributed by atoms with Crippen molar-refractivity contribution in [3.05, 3.63) is 21.9 Å². The summed E-state index contributed by atoms with van der Waals surface area (Å²) < 4.78 is 0. The zero-order valence-electron chi connectivity index (χ0n) is 11.3. The Hall–Kier alpha value is -0.340. The van der Waals surface area contributed by atoms with Gasteiger partial charge in [-0.2, -0.15) is 0 Å². The van der Waals surface area contributed by atoms with E-state index in [1.54, 1.807) is 0 Å². The molecule has 0 radical (unpaired) electrons. The maximum Gasteiger partial charge on any atom is 0.00534 e. The summed E-state index contributed by atoms with van der Waals surface area (Å²) in [5.74, 6) is 0.